The van der Waals surface area contributed by atoms with E-state index in [0.717, 1.165) is 22.4 Å². The standard InChI is InChI=1S/C13H14ClN3/c1-16-12-7-9(4-5-10(12)8-15)11-3-2-6-17-13(11)14/h2-7,16H,8,15H2,1H3. The maximum atomic E-state index is 6.07. The van der Waals surface area contributed by atoms with Crippen LogP contribution >= 0.6 is 11.6 Å². The van der Waals surface area contributed by atoms with E-state index in [1.165, 1.54) is 0 Å². The van der Waals surface area contributed by atoms with Crippen molar-refractivity contribution in [3.05, 3.63) is 47.2 Å². The number of hydrogen-bond donors (Lipinski definition) is 2. The Hall–Kier alpha value is -1.58. The molecule has 0 saturated carbocycles. The molecule has 17 heavy (non-hydrogen) atoms. The second kappa shape index (κ2) is 5.17. The van der Waals surface area contributed by atoms with Gasteiger partial charge in [0.15, 0.2) is 0 Å². The highest BCUT2D eigenvalue weighted by molar-refractivity contribution is 6.32. The molecule has 0 aliphatic carbocycles. The summed E-state index contributed by atoms with van der Waals surface area (Å²) in [7, 11) is 1.88. The van der Waals surface area contributed by atoms with Gasteiger partial charge in [0.2, 0.25) is 0 Å². The molecule has 0 fully saturated rings. The first kappa shape index (κ1) is 11.9. The summed E-state index contributed by atoms with van der Waals surface area (Å²) < 4.78 is 0. The third-order valence-corrected chi connectivity index (χ3v) is 2.97. The highest BCUT2D eigenvalue weighted by Gasteiger charge is 2.06. The van der Waals surface area contributed by atoms with E-state index in [4.69, 9.17) is 17.3 Å². The van der Waals surface area contributed by atoms with Gasteiger partial charge in [0.25, 0.3) is 0 Å². The Labute approximate surface area is 106 Å². The fourth-order valence-electron chi connectivity index (χ4n) is 1.76. The van der Waals surface area contributed by atoms with Gasteiger partial charge in [-0.1, -0.05) is 23.7 Å². The summed E-state index contributed by atoms with van der Waals surface area (Å²) in [5.41, 5.74) is 9.72. The maximum Gasteiger partial charge on any atom is 0.136 e. The number of rotatable bonds is 3. The Bertz CT molecular complexity index is 526. The summed E-state index contributed by atoms with van der Waals surface area (Å²) in [4.78, 5) is 4.07. The van der Waals surface area contributed by atoms with Crippen LogP contribution in [0.25, 0.3) is 11.1 Å². The van der Waals surface area contributed by atoms with Gasteiger partial charge in [0.05, 0.1) is 0 Å². The van der Waals surface area contributed by atoms with Crippen LogP contribution in [0.4, 0.5) is 5.69 Å². The minimum Gasteiger partial charge on any atom is -0.388 e. The predicted octanol–water partition coefficient (Wildman–Crippen LogP) is 2.90. The zero-order valence-electron chi connectivity index (χ0n) is 9.57. The SMILES string of the molecule is CNc1cc(-c2cccnc2Cl)ccc1CN. The molecule has 0 aliphatic rings. The number of nitrogens with two attached hydrogens (primary N) is 1. The summed E-state index contributed by atoms with van der Waals surface area (Å²) in [6.07, 6.45) is 1.68. The van der Waals surface area contributed by atoms with Crippen LogP contribution in [-0.4, -0.2) is 12.0 Å². The molecule has 88 valence electrons. The molecule has 0 saturated heterocycles. The van der Waals surface area contributed by atoms with Crippen molar-refractivity contribution in [3.8, 4) is 11.1 Å². The number of halogens is 1. The van der Waals surface area contributed by atoms with Gasteiger partial charge in [-0.25, -0.2) is 4.98 Å². The highest BCUT2D eigenvalue weighted by Crippen LogP contribution is 2.29. The van der Waals surface area contributed by atoms with Gasteiger partial charge >= 0.3 is 0 Å². The number of pyridine rings is 1. The number of aromatic nitrogens is 1. The van der Waals surface area contributed by atoms with Crippen molar-refractivity contribution >= 4 is 17.3 Å². The van der Waals surface area contributed by atoms with Crippen LogP contribution < -0.4 is 11.1 Å². The molecule has 0 aliphatic heterocycles. The molecule has 0 unspecified atom stereocenters. The normalized spacial score (nSPS) is 10.3. The molecule has 3 nitrogen and oxygen atoms in total. The van der Waals surface area contributed by atoms with Crippen LogP contribution in [0.15, 0.2) is 36.5 Å². The zero-order chi connectivity index (χ0) is 12.3. The second-order valence-corrected chi connectivity index (χ2v) is 4.03. The van der Waals surface area contributed by atoms with E-state index >= 15 is 0 Å². The predicted molar refractivity (Wildman–Crippen MR) is 72.1 cm³/mol. The van der Waals surface area contributed by atoms with E-state index in [1.54, 1.807) is 6.20 Å². The molecule has 0 bridgehead atoms. The lowest BCUT2D eigenvalue weighted by Crippen LogP contribution is -2.02. The van der Waals surface area contributed by atoms with Crippen LogP contribution in [0, 0.1) is 0 Å². The zero-order valence-corrected chi connectivity index (χ0v) is 10.3. The monoisotopic (exact) mass is 247 g/mol. The highest BCUT2D eigenvalue weighted by atomic mass is 35.5. The van der Waals surface area contributed by atoms with Gasteiger partial charge in [0, 0.05) is 31.0 Å². The van der Waals surface area contributed by atoms with Crippen LogP contribution in [0.3, 0.4) is 0 Å². The fourth-order valence-corrected chi connectivity index (χ4v) is 1.98. The first-order valence-corrected chi connectivity index (χ1v) is 5.75. The smallest absolute Gasteiger partial charge is 0.136 e. The van der Waals surface area contributed by atoms with Gasteiger partial charge in [-0.05, 0) is 29.3 Å². The topological polar surface area (TPSA) is 50.9 Å². The Morgan fingerprint density at radius 3 is 2.82 bits per heavy atom. The quantitative estimate of drug-likeness (QED) is 0.820. The van der Waals surface area contributed by atoms with Gasteiger partial charge in [0.1, 0.15) is 5.15 Å². The van der Waals surface area contributed by atoms with E-state index < -0.39 is 0 Å². The minimum absolute atomic E-state index is 0.509. The molecule has 1 aromatic heterocycles. The first-order valence-electron chi connectivity index (χ1n) is 5.38. The minimum atomic E-state index is 0.509. The molecule has 3 N–H and O–H groups in total. The van der Waals surface area contributed by atoms with Gasteiger partial charge in [-0.15, -0.1) is 0 Å². The van der Waals surface area contributed by atoms with Gasteiger partial charge < -0.3 is 11.1 Å². The number of nitrogens with zero attached hydrogens (tertiary/aromatic N) is 1. The summed E-state index contributed by atoms with van der Waals surface area (Å²) in [5, 5.41) is 3.64. The summed E-state index contributed by atoms with van der Waals surface area (Å²) in [5.74, 6) is 0. The van der Waals surface area contributed by atoms with Crippen molar-refractivity contribution < 1.29 is 0 Å². The average Bonchev–Trinajstić information content (AvgIpc) is 2.38. The number of benzene rings is 1. The third-order valence-electron chi connectivity index (χ3n) is 2.67. The molecule has 1 aromatic carbocycles. The molecule has 0 radical (unpaired) electrons. The molecule has 0 atom stereocenters. The van der Waals surface area contributed by atoms with E-state index in [9.17, 15) is 0 Å². The van der Waals surface area contributed by atoms with Crippen molar-refractivity contribution in [3.63, 3.8) is 0 Å². The molecule has 0 amide bonds. The van der Waals surface area contributed by atoms with Crippen LogP contribution in [0.5, 0.6) is 0 Å². The molecule has 1 heterocycles. The van der Waals surface area contributed by atoms with Crippen LogP contribution in [0.1, 0.15) is 5.56 Å². The van der Waals surface area contributed by atoms with Gasteiger partial charge in [-0.3, -0.25) is 0 Å². The average molecular weight is 248 g/mol. The summed E-state index contributed by atoms with van der Waals surface area (Å²) in [6, 6.07) is 9.87. The lowest BCUT2D eigenvalue weighted by atomic mass is 10.0. The van der Waals surface area contributed by atoms with Crippen molar-refractivity contribution in [1.29, 1.82) is 0 Å². The second-order valence-electron chi connectivity index (χ2n) is 3.67. The summed E-state index contributed by atoms with van der Waals surface area (Å²) in [6.45, 7) is 0.511. The Kier molecular flexibility index (Phi) is 3.61. The van der Waals surface area contributed by atoms with Crippen molar-refractivity contribution in [1.82, 2.24) is 4.98 Å². The summed E-state index contributed by atoms with van der Waals surface area (Å²) >= 11 is 6.07. The Morgan fingerprint density at radius 2 is 2.18 bits per heavy atom. The Morgan fingerprint density at radius 1 is 1.35 bits per heavy atom. The molecular weight excluding hydrogens is 234 g/mol. The molecule has 2 rings (SSSR count). The first-order chi connectivity index (χ1) is 8.26. The molecular formula is C13H14ClN3. The van der Waals surface area contributed by atoms with Crippen molar-refractivity contribution in [2.45, 2.75) is 6.54 Å². The molecule has 2 aromatic rings. The largest absolute Gasteiger partial charge is 0.388 e. The molecule has 4 heteroatoms. The van der Waals surface area contributed by atoms with Crippen molar-refractivity contribution in [2.75, 3.05) is 12.4 Å². The lowest BCUT2D eigenvalue weighted by molar-refractivity contribution is 1.07. The van der Waals surface area contributed by atoms with Gasteiger partial charge in [-0.2, -0.15) is 0 Å². The maximum absolute atomic E-state index is 6.07. The molecule has 0 spiro atoms. The fraction of sp³-hybridized carbons (Fsp3) is 0.154. The van der Waals surface area contributed by atoms with Crippen molar-refractivity contribution in [2.24, 2.45) is 5.73 Å². The third kappa shape index (κ3) is 2.40. The van der Waals surface area contributed by atoms with Crippen LogP contribution in [-0.2, 0) is 6.54 Å². The van der Waals surface area contributed by atoms with E-state index in [1.807, 2.05) is 37.4 Å². The Balaban J connectivity index is 2.50. The van der Waals surface area contributed by atoms with E-state index in [-0.39, 0.29) is 0 Å². The van der Waals surface area contributed by atoms with E-state index in [2.05, 4.69) is 10.3 Å². The number of nitrogens with one attached hydrogen (secondary N) is 1. The number of anilines is 1. The van der Waals surface area contributed by atoms with Crippen LogP contribution in [0.2, 0.25) is 5.15 Å². The van der Waals surface area contributed by atoms with E-state index in [0.29, 0.717) is 11.7 Å². The number of hydrogen-bond acceptors (Lipinski definition) is 3. The lowest BCUT2D eigenvalue weighted by Gasteiger charge is -2.10.